The van der Waals surface area contributed by atoms with Crippen molar-refractivity contribution < 1.29 is 5.11 Å². The molecule has 1 aromatic carbocycles. The van der Waals surface area contributed by atoms with Gasteiger partial charge in [0.15, 0.2) is 0 Å². The summed E-state index contributed by atoms with van der Waals surface area (Å²) in [5, 5.41) is 8.74. The number of aliphatic hydroxyl groups excluding tert-OH is 1. The van der Waals surface area contributed by atoms with Gasteiger partial charge in [0.1, 0.15) is 0 Å². The molecule has 70 valence electrons. The van der Waals surface area contributed by atoms with Crippen LogP contribution >= 0.6 is 0 Å². The van der Waals surface area contributed by atoms with Crippen molar-refractivity contribution in [2.75, 3.05) is 25.1 Å². The fraction of sp³-hybridized carbons (Fsp3) is 0.273. The minimum atomic E-state index is 0.180. The molecular weight excluding hydrogens is 162 g/mol. The smallest absolute Gasteiger partial charge is 0.0606 e. The molecular formula is C11H15NO. The lowest BCUT2D eigenvalue weighted by atomic mass is 10.2. The Morgan fingerprint density at radius 3 is 2.46 bits per heavy atom. The molecule has 2 nitrogen and oxygen atoms in total. The van der Waals surface area contributed by atoms with Gasteiger partial charge in [-0.1, -0.05) is 24.8 Å². The molecule has 0 aliphatic rings. The summed E-state index contributed by atoms with van der Waals surface area (Å²) >= 11 is 0. The van der Waals surface area contributed by atoms with E-state index in [4.69, 9.17) is 5.11 Å². The molecule has 0 aromatic heterocycles. The van der Waals surface area contributed by atoms with Crippen LogP contribution in [0.1, 0.15) is 5.56 Å². The van der Waals surface area contributed by atoms with Crippen molar-refractivity contribution >= 4 is 11.8 Å². The third-order valence-corrected chi connectivity index (χ3v) is 2.00. The summed E-state index contributed by atoms with van der Waals surface area (Å²) in [6, 6.07) is 8.06. The van der Waals surface area contributed by atoms with Crippen molar-refractivity contribution in [3.63, 3.8) is 0 Å². The second-order valence-corrected chi connectivity index (χ2v) is 2.94. The van der Waals surface area contributed by atoms with Gasteiger partial charge in [-0.3, -0.25) is 0 Å². The quantitative estimate of drug-likeness (QED) is 0.757. The predicted octanol–water partition coefficient (Wildman–Crippen LogP) is 1.76. The molecule has 0 heterocycles. The van der Waals surface area contributed by atoms with Crippen LogP contribution in [-0.2, 0) is 0 Å². The Morgan fingerprint density at radius 1 is 1.38 bits per heavy atom. The summed E-state index contributed by atoms with van der Waals surface area (Å²) in [6.45, 7) is 4.53. The molecule has 2 heteroatoms. The highest BCUT2D eigenvalue weighted by Crippen LogP contribution is 2.13. The van der Waals surface area contributed by atoms with E-state index < -0.39 is 0 Å². The zero-order chi connectivity index (χ0) is 9.68. The van der Waals surface area contributed by atoms with Gasteiger partial charge < -0.3 is 10.0 Å². The van der Waals surface area contributed by atoms with Gasteiger partial charge >= 0.3 is 0 Å². The van der Waals surface area contributed by atoms with Crippen LogP contribution in [0, 0.1) is 0 Å². The number of likely N-dealkylation sites (N-methyl/N-ethyl adjacent to an activating group) is 1. The Hall–Kier alpha value is -1.28. The highest BCUT2D eigenvalue weighted by Gasteiger charge is 1.97. The Kier molecular flexibility index (Phi) is 3.53. The first kappa shape index (κ1) is 9.81. The lowest BCUT2D eigenvalue weighted by molar-refractivity contribution is 0.304. The predicted molar refractivity (Wildman–Crippen MR) is 56.9 cm³/mol. The van der Waals surface area contributed by atoms with Crippen LogP contribution in [0.4, 0.5) is 5.69 Å². The maximum absolute atomic E-state index is 8.74. The minimum Gasteiger partial charge on any atom is -0.395 e. The van der Waals surface area contributed by atoms with E-state index in [1.165, 1.54) is 0 Å². The number of nitrogens with zero attached hydrogens (tertiary/aromatic N) is 1. The van der Waals surface area contributed by atoms with Gasteiger partial charge in [-0.05, 0) is 17.7 Å². The van der Waals surface area contributed by atoms with Crippen molar-refractivity contribution in [2.24, 2.45) is 0 Å². The van der Waals surface area contributed by atoms with Gasteiger partial charge in [-0.25, -0.2) is 0 Å². The number of anilines is 1. The van der Waals surface area contributed by atoms with Crippen LogP contribution in [0.5, 0.6) is 0 Å². The average Bonchev–Trinajstić information content (AvgIpc) is 2.18. The molecule has 0 bridgehead atoms. The second-order valence-electron chi connectivity index (χ2n) is 2.94. The van der Waals surface area contributed by atoms with Crippen molar-refractivity contribution in [1.82, 2.24) is 0 Å². The molecule has 1 aromatic rings. The molecule has 0 amide bonds. The highest BCUT2D eigenvalue weighted by atomic mass is 16.3. The molecule has 0 saturated heterocycles. The standard InChI is InChI=1S/C11H15NO/c1-3-10-4-6-11(7-5-10)12(2)8-9-13/h3-7,13H,1,8-9H2,2H3. The number of hydrogen-bond donors (Lipinski definition) is 1. The van der Waals surface area contributed by atoms with Gasteiger partial charge in [0, 0.05) is 19.3 Å². The van der Waals surface area contributed by atoms with E-state index in [9.17, 15) is 0 Å². The van der Waals surface area contributed by atoms with Crippen LogP contribution in [0.3, 0.4) is 0 Å². The first-order chi connectivity index (χ1) is 6.27. The van der Waals surface area contributed by atoms with E-state index in [2.05, 4.69) is 6.58 Å². The zero-order valence-corrected chi connectivity index (χ0v) is 7.90. The number of hydrogen-bond acceptors (Lipinski definition) is 2. The van der Waals surface area contributed by atoms with E-state index in [0.29, 0.717) is 6.54 Å². The Bertz CT molecular complexity index is 266. The fourth-order valence-electron chi connectivity index (χ4n) is 1.14. The second kappa shape index (κ2) is 4.67. The van der Waals surface area contributed by atoms with Crippen LogP contribution in [0.25, 0.3) is 6.08 Å². The van der Waals surface area contributed by atoms with E-state index in [0.717, 1.165) is 11.3 Å². The average molecular weight is 177 g/mol. The molecule has 1 rings (SSSR count). The maximum Gasteiger partial charge on any atom is 0.0606 e. The minimum absolute atomic E-state index is 0.180. The molecule has 0 aliphatic carbocycles. The monoisotopic (exact) mass is 177 g/mol. The lowest BCUT2D eigenvalue weighted by Crippen LogP contribution is -2.20. The third-order valence-electron chi connectivity index (χ3n) is 2.00. The zero-order valence-electron chi connectivity index (χ0n) is 7.90. The molecule has 0 aliphatic heterocycles. The van der Waals surface area contributed by atoms with Crippen LogP contribution in [-0.4, -0.2) is 25.3 Å². The summed E-state index contributed by atoms with van der Waals surface area (Å²) in [5.41, 5.74) is 2.22. The number of aliphatic hydroxyl groups is 1. The molecule has 0 spiro atoms. The summed E-state index contributed by atoms with van der Waals surface area (Å²) in [5.74, 6) is 0. The molecule has 1 N–H and O–H groups in total. The maximum atomic E-state index is 8.74. The molecule has 13 heavy (non-hydrogen) atoms. The van der Waals surface area contributed by atoms with Crippen LogP contribution in [0.15, 0.2) is 30.8 Å². The van der Waals surface area contributed by atoms with E-state index >= 15 is 0 Å². The summed E-state index contributed by atoms with van der Waals surface area (Å²) in [4.78, 5) is 2.01. The van der Waals surface area contributed by atoms with Gasteiger partial charge in [0.2, 0.25) is 0 Å². The number of benzene rings is 1. The van der Waals surface area contributed by atoms with Crippen molar-refractivity contribution in [3.05, 3.63) is 36.4 Å². The normalized spacial score (nSPS) is 9.69. The van der Waals surface area contributed by atoms with Crippen LogP contribution < -0.4 is 4.90 Å². The Balaban J connectivity index is 2.73. The highest BCUT2D eigenvalue weighted by molar-refractivity contribution is 5.54. The molecule has 0 fully saturated rings. The third kappa shape index (κ3) is 2.60. The molecule has 0 radical (unpaired) electrons. The molecule has 0 atom stereocenters. The van der Waals surface area contributed by atoms with E-state index in [1.54, 1.807) is 0 Å². The Labute approximate surface area is 79.1 Å². The summed E-state index contributed by atoms with van der Waals surface area (Å²) in [7, 11) is 1.96. The van der Waals surface area contributed by atoms with E-state index in [-0.39, 0.29) is 6.61 Å². The van der Waals surface area contributed by atoms with Gasteiger partial charge in [-0.15, -0.1) is 0 Å². The molecule has 0 saturated carbocycles. The summed E-state index contributed by atoms with van der Waals surface area (Å²) < 4.78 is 0. The SMILES string of the molecule is C=Cc1ccc(N(C)CCO)cc1. The van der Waals surface area contributed by atoms with E-state index in [1.807, 2.05) is 42.3 Å². The topological polar surface area (TPSA) is 23.5 Å². The van der Waals surface area contributed by atoms with Crippen molar-refractivity contribution in [1.29, 1.82) is 0 Å². The fourth-order valence-corrected chi connectivity index (χ4v) is 1.14. The first-order valence-corrected chi connectivity index (χ1v) is 4.32. The molecule has 0 unspecified atom stereocenters. The van der Waals surface area contributed by atoms with Crippen molar-refractivity contribution in [3.8, 4) is 0 Å². The number of rotatable bonds is 4. The largest absolute Gasteiger partial charge is 0.395 e. The van der Waals surface area contributed by atoms with Gasteiger partial charge in [0.05, 0.1) is 6.61 Å². The summed E-state index contributed by atoms with van der Waals surface area (Å²) in [6.07, 6.45) is 1.82. The van der Waals surface area contributed by atoms with Gasteiger partial charge in [0.25, 0.3) is 0 Å². The van der Waals surface area contributed by atoms with Crippen molar-refractivity contribution in [2.45, 2.75) is 0 Å². The van der Waals surface area contributed by atoms with Gasteiger partial charge in [-0.2, -0.15) is 0 Å². The first-order valence-electron chi connectivity index (χ1n) is 4.32. The lowest BCUT2D eigenvalue weighted by Gasteiger charge is -2.17. The Morgan fingerprint density at radius 2 is 2.00 bits per heavy atom. The van der Waals surface area contributed by atoms with Crippen LogP contribution in [0.2, 0.25) is 0 Å².